The minimum atomic E-state index is -0.813. The molecule has 0 spiro atoms. The molecule has 104 valence electrons. The maximum atomic E-state index is 13.5. The third kappa shape index (κ3) is 3.64. The average molecular weight is 289 g/mol. The first-order valence-electron chi connectivity index (χ1n) is 6.21. The van der Waals surface area contributed by atoms with Crippen molar-refractivity contribution in [1.29, 1.82) is 0 Å². The van der Waals surface area contributed by atoms with Crippen LogP contribution in [0, 0.1) is 17.6 Å². The van der Waals surface area contributed by atoms with Crippen LogP contribution in [0.4, 0.5) is 8.78 Å². The van der Waals surface area contributed by atoms with Crippen LogP contribution in [0.3, 0.4) is 0 Å². The molecule has 3 nitrogen and oxygen atoms in total. The summed E-state index contributed by atoms with van der Waals surface area (Å²) in [6.07, 6.45) is 1.91. The molecule has 1 heterocycles. The molecule has 0 radical (unpaired) electrons. The standard InChI is InChI=1S/C13H15ClF2N2O/c14-10-6-11(15)9(5-12(10)16)13(19)18-4-2-8-1-3-17-7-8/h5-6,8,17H,1-4,7H2,(H,18,19). The number of carbonyl (C=O) groups is 1. The van der Waals surface area contributed by atoms with Crippen molar-refractivity contribution in [3.8, 4) is 0 Å². The fourth-order valence-electron chi connectivity index (χ4n) is 2.14. The van der Waals surface area contributed by atoms with Crippen LogP contribution in [-0.2, 0) is 0 Å². The van der Waals surface area contributed by atoms with Gasteiger partial charge in [0.15, 0.2) is 0 Å². The second-order valence-corrected chi connectivity index (χ2v) is 5.06. The highest BCUT2D eigenvalue weighted by molar-refractivity contribution is 6.30. The third-order valence-electron chi connectivity index (χ3n) is 3.26. The lowest BCUT2D eigenvalue weighted by Crippen LogP contribution is -2.27. The van der Waals surface area contributed by atoms with E-state index in [4.69, 9.17) is 11.6 Å². The summed E-state index contributed by atoms with van der Waals surface area (Å²) in [5.74, 6) is -1.69. The van der Waals surface area contributed by atoms with E-state index in [0.29, 0.717) is 12.5 Å². The number of amides is 1. The Kier molecular flexibility index (Phi) is 4.71. The first kappa shape index (κ1) is 14.2. The molecule has 0 saturated carbocycles. The Labute approximate surface area is 115 Å². The summed E-state index contributed by atoms with van der Waals surface area (Å²) in [7, 11) is 0. The quantitative estimate of drug-likeness (QED) is 0.835. The highest BCUT2D eigenvalue weighted by atomic mass is 35.5. The van der Waals surface area contributed by atoms with Crippen molar-refractivity contribution in [3.63, 3.8) is 0 Å². The second-order valence-electron chi connectivity index (χ2n) is 4.65. The first-order valence-corrected chi connectivity index (χ1v) is 6.59. The number of rotatable bonds is 4. The Bertz CT molecular complexity index is 476. The van der Waals surface area contributed by atoms with Crippen LogP contribution in [0.5, 0.6) is 0 Å². The van der Waals surface area contributed by atoms with Gasteiger partial charge in [0, 0.05) is 6.54 Å². The molecule has 6 heteroatoms. The molecular formula is C13H15ClF2N2O. The van der Waals surface area contributed by atoms with Crippen LogP contribution >= 0.6 is 11.6 Å². The van der Waals surface area contributed by atoms with Gasteiger partial charge in [0.05, 0.1) is 10.6 Å². The predicted molar refractivity (Wildman–Crippen MR) is 69.3 cm³/mol. The third-order valence-corrected chi connectivity index (χ3v) is 3.54. The maximum Gasteiger partial charge on any atom is 0.254 e. The highest BCUT2D eigenvalue weighted by Gasteiger charge is 2.17. The fraction of sp³-hybridized carbons (Fsp3) is 0.462. The molecule has 1 unspecified atom stereocenters. The van der Waals surface area contributed by atoms with Gasteiger partial charge in [-0.25, -0.2) is 8.78 Å². The normalized spacial score (nSPS) is 18.6. The van der Waals surface area contributed by atoms with E-state index in [1.54, 1.807) is 0 Å². The van der Waals surface area contributed by atoms with Crippen molar-refractivity contribution in [3.05, 3.63) is 34.4 Å². The zero-order valence-electron chi connectivity index (χ0n) is 10.3. The monoisotopic (exact) mass is 288 g/mol. The van der Waals surface area contributed by atoms with Crippen molar-refractivity contribution in [2.75, 3.05) is 19.6 Å². The molecule has 1 aromatic rings. The van der Waals surface area contributed by atoms with Crippen LogP contribution in [0.25, 0.3) is 0 Å². The van der Waals surface area contributed by atoms with E-state index >= 15 is 0 Å². The molecule has 1 amide bonds. The number of hydrogen-bond acceptors (Lipinski definition) is 2. The predicted octanol–water partition coefficient (Wildman–Crippen LogP) is 2.35. The SMILES string of the molecule is O=C(NCCC1CCNC1)c1cc(F)c(Cl)cc1F. The molecule has 19 heavy (non-hydrogen) atoms. The smallest absolute Gasteiger partial charge is 0.254 e. The van der Waals surface area contributed by atoms with E-state index < -0.39 is 17.5 Å². The van der Waals surface area contributed by atoms with E-state index in [1.165, 1.54) is 0 Å². The van der Waals surface area contributed by atoms with Crippen LogP contribution in [0.1, 0.15) is 23.2 Å². The highest BCUT2D eigenvalue weighted by Crippen LogP contribution is 2.19. The van der Waals surface area contributed by atoms with Crippen molar-refractivity contribution in [2.24, 2.45) is 5.92 Å². The van der Waals surface area contributed by atoms with Gasteiger partial charge in [-0.3, -0.25) is 4.79 Å². The molecule has 2 rings (SSSR count). The number of benzene rings is 1. The van der Waals surface area contributed by atoms with Crippen molar-refractivity contribution in [1.82, 2.24) is 10.6 Å². The molecule has 0 aromatic heterocycles. The van der Waals surface area contributed by atoms with Crippen LogP contribution in [0.2, 0.25) is 5.02 Å². The number of carbonyl (C=O) groups excluding carboxylic acids is 1. The molecule has 1 fully saturated rings. The molecule has 0 aliphatic carbocycles. The molecular weight excluding hydrogens is 274 g/mol. The number of hydrogen-bond donors (Lipinski definition) is 2. The second kappa shape index (κ2) is 6.30. The topological polar surface area (TPSA) is 41.1 Å². The maximum absolute atomic E-state index is 13.5. The van der Waals surface area contributed by atoms with E-state index in [0.717, 1.165) is 38.1 Å². The van der Waals surface area contributed by atoms with E-state index in [-0.39, 0.29) is 10.6 Å². The Morgan fingerprint density at radius 2 is 2.21 bits per heavy atom. The molecule has 1 aliphatic heterocycles. The summed E-state index contributed by atoms with van der Waals surface area (Å²) >= 11 is 5.43. The van der Waals surface area contributed by atoms with Gasteiger partial charge in [0.25, 0.3) is 5.91 Å². The Balaban J connectivity index is 1.90. The van der Waals surface area contributed by atoms with Crippen LogP contribution in [-0.4, -0.2) is 25.5 Å². The van der Waals surface area contributed by atoms with Crippen molar-refractivity contribution in [2.45, 2.75) is 12.8 Å². The fourth-order valence-corrected chi connectivity index (χ4v) is 2.29. The average Bonchev–Trinajstić information content (AvgIpc) is 2.86. The van der Waals surface area contributed by atoms with E-state index in [9.17, 15) is 13.6 Å². The van der Waals surface area contributed by atoms with Gasteiger partial charge in [0.2, 0.25) is 0 Å². The van der Waals surface area contributed by atoms with Gasteiger partial charge in [-0.2, -0.15) is 0 Å². The van der Waals surface area contributed by atoms with Gasteiger partial charge < -0.3 is 10.6 Å². The lowest BCUT2D eigenvalue weighted by molar-refractivity contribution is 0.0947. The zero-order chi connectivity index (χ0) is 13.8. The van der Waals surface area contributed by atoms with Crippen LogP contribution < -0.4 is 10.6 Å². The lowest BCUT2D eigenvalue weighted by atomic mass is 10.1. The van der Waals surface area contributed by atoms with E-state index in [1.807, 2.05) is 0 Å². The summed E-state index contributed by atoms with van der Waals surface area (Å²) in [5, 5.41) is 5.50. The summed E-state index contributed by atoms with van der Waals surface area (Å²) in [5.41, 5.74) is -0.313. The molecule has 1 aromatic carbocycles. The Morgan fingerprint density at radius 1 is 1.42 bits per heavy atom. The Morgan fingerprint density at radius 3 is 2.89 bits per heavy atom. The van der Waals surface area contributed by atoms with Gasteiger partial charge in [-0.1, -0.05) is 11.6 Å². The van der Waals surface area contributed by atoms with Gasteiger partial charge in [0.1, 0.15) is 11.6 Å². The molecule has 0 bridgehead atoms. The zero-order valence-corrected chi connectivity index (χ0v) is 11.1. The van der Waals surface area contributed by atoms with Gasteiger partial charge in [-0.15, -0.1) is 0 Å². The summed E-state index contributed by atoms with van der Waals surface area (Å²) < 4.78 is 26.7. The van der Waals surface area contributed by atoms with Gasteiger partial charge >= 0.3 is 0 Å². The van der Waals surface area contributed by atoms with Gasteiger partial charge in [-0.05, 0) is 44.0 Å². The molecule has 1 atom stereocenters. The lowest BCUT2D eigenvalue weighted by Gasteiger charge is -2.10. The largest absolute Gasteiger partial charge is 0.352 e. The number of nitrogens with one attached hydrogen (secondary N) is 2. The van der Waals surface area contributed by atoms with E-state index in [2.05, 4.69) is 10.6 Å². The summed E-state index contributed by atoms with van der Waals surface area (Å²) in [6.45, 7) is 2.39. The van der Waals surface area contributed by atoms with Crippen molar-refractivity contribution >= 4 is 17.5 Å². The molecule has 1 saturated heterocycles. The number of halogens is 3. The molecule has 2 N–H and O–H groups in total. The minimum Gasteiger partial charge on any atom is -0.352 e. The summed E-state index contributed by atoms with van der Waals surface area (Å²) in [6, 6.07) is 1.64. The van der Waals surface area contributed by atoms with Crippen LogP contribution in [0.15, 0.2) is 12.1 Å². The Hall–Kier alpha value is -1.20. The molecule has 1 aliphatic rings. The van der Waals surface area contributed by atoms with Crippen molar-refractivity contribution < 1.29 is 13.6 Å². The summed E-state index contributed by atoms with van der Waals surface area (Å²) in [4.78, 5) is 11.7. The first-order chi connectivity index (χ1) is 9.08. The minimum absolute atomic E-state index is 0.313.